The summed E-state index contributed by atoms with van der Waals surface area (Å²) in [5.74, 6) is -0.119. The van der Waals surface area contributed by atoms with E-state index in [1.807, 2.05) is 24.3 Å². The average molecular weight is 254 g/mol. The van der Waals surface area contributed by atoms with E-state index in [0.29, 0.717) is 11.1 Å². The Kier molecular flexibility index (Phi) is 3.43. The first kappa shape index (κ1) is 13.3. The van der Waals surface area contributed by atoms with Gasteiger partial charge in [-0.2, -0.15) is 0 Å². The number of carbonyl (C=O) groups is 1. The molecular formula is C17H18O2. The predicted octanol–water partition coefficient (Wildman–Crippen LogP) is 3.92. The monoisotopic (exact) mass is 254 g/mol. The molecule has 1 N–H and O–H groups in total. The first-order chi connectivity index (χ1) is 8.89. The van der Waals surface area contributed by atoms with E-state index in [9.17, 15) is 9.90 Å². The highest BCUT2D eigenvalue weighted by Crippen LogP contribution is 2.28. The molecule has 0 unspecified atom stereocenters. The Morgan fingerprint density at radius 3 is 2.21 bits per heavy atom. The molecule has 2 aromatic carbocycles. The Morgan fingerprint density at radius 2 is 1.63 bits per heavy atom. The van der Waals surface area contributed by atoms with Crippen LogP contribution >= 0.6 is 0 Å². The molecule has 98 valence electrons. The summed E-state index contributed by atoms with van der Waals surface area (Å²) in [7, 11) is 0. The van der Waals surface area contributed by atoms with Crippen LogP contribution in [0, 0.1) is 0 Å². The van der Waals surface area contributed by atoms with E-state index >= 15 is 0 Å². The number of rotatable bonds is 2. The zero-order chi connectivity index (χ0) is 14.0. The van der Waals surface area contributed by atoms with Crippen molar-refractivity contribution in [2.24, 2.45) is 0 Å². The van der Waals surface area contributed by atoms with E-state index in [1.165, 1.54) is 0 Å². The fourth-order valence-corrected chi connectivity index (χ4v) is 1.93. The van der Waals surface area contributed by atoms with Crippen molar-refractivity contribution in [2.75, 3.05) is 0 Å². The number of benzene rings is 2. The number of phenols is 1. The second-order valence-electron chi connectivity index (χ2n) is 5.68. The number of ketones is 1. The van der Waals surface area contributed by atoms with Crippen LogP contribution in [-0.2, 0) is 5.41 Å². The van der Waals surface area contributed by atoms with Crippen LogP contribution in [0.5, 0.6) is 5.75 Å². The lowest BCUT2D eigenvalue weighted by Gasteiger charge is -2.20. The summed E-state index contributed by atoms with van der Waals surface area (Å²) in [4.78, 5) is 12.4. The van der Waals surface area contributed by atoms with Crippen molar-refractivity contribution in [1.29, 1.82) is 0 Å². The second-order valence-corrected chi connectivity index (χ2v) is 5.68. The Balaban J connectivity index is 2.48. The van der Waals surface area contributed by atoms with Gasteiger partial charge in [0.1, 0.15) is 5.75 Å². The van der Waals surface area contributed by atoms with Crippen molar-refractivity contribution in [3.63, 3.8) is 0 Å². The molecule has 0 fully saturated rings. The van der Waals surface area contributed by atoms with Crippen molar-refractivity contribution in [2.45, 2.75) is 26.2 Å². The predicted molar refractivity (Wildman–Crippen MR) is 76.7 cm³/mol. The quantitative estimate of drug-likeness (QED) is 0.825. The molecule has 0 atom stereocenters. The van der Waals surface area contributed by atoms with Gasteiger partial charge in [0.05, 0.1) is 5.56 Å². The highest BCUT2D eigenvalue weighted by Gasteiger charge is 2.19. The molecule has 2 nitrogen and oxygen atoms in total. The largest absolute Gasteiger partial charge is 0.507 e. The minimum atomic E-state index is -0.149. The molecule has 0 aliphatic rings. The summed E-state index contributed by atoms with van der Waals surface area (Å²) >= 11 is 0. The summed E-state index contributed by atoms with van der Waals surface area (Å²) in [6.45, 7) is 6.24. The SMILES string of the molecule is CC(C)(C)c1ccc(O)c(C(=O)c2ccccc2)c1. The van der Waals surface area contributed by atoms with E-state index in [-0.39, 0.29) is 16.9 Å². The molecule has 0 saturated carbocycles. The molecular weight excluding hydrogens is 236 g/mol. The van der Waals surface area contributed by atoms with E-state index in [2.05, 4.69) is 20.8 Å². The molecule has 0 radical (unpaired) electrons. The van der Waals surface area contributed by atoms with Crippen LogP contribution in [0.15, 0.2) is 48.5 Å². The standard InChI is InChI=1S/C17H18O2/c1-17(2,3)13-9-10-15(18)14(11-13)16(19)12-7-5-4-6-8-12/h4-11,18H,1-3H3. The molecule has 2 heteroatoms. The van der Waals surface area contributed by atoms with Crippen molar-refractivity contribution >= 4 is 5.78 Å². The lowest BCUT2D eigenvalue weighted by molar-refractivity contribution is 0.103. The molecule has 2 rings (SSSR count). The van der Waals surface area contributed by atoms with Gasteiger partial charge in [-0.3, -0.25) is 4.79 Å². The zero-order valence-electron chi connectivity index (χ0n) is 11.5. The Labute approximate surface area is 113 Å². The van der Waals surface area contributed by atoms with Gasteiger partial charge in [-0.25, -0.2) is 0 Å². The molecule has 0 bridgehead atoms. The maximum absolute atomic E-state index is 12.4. The van der Waals surface area contributed by atoms with Crippen LogP contribution in [0.4, 0.5) is 0 Å². The van der Waals surface area contributed by atoms with Gasteiger partial charge in [-0.15, -0.1) is 0 Å². The first-order valence-corrected chi connectivity index (χ1v) is 6.33. The van der Waals surface area contributed by atoms with Crippen molar-refractivity contribution in [3.8, 4) is 5.75 Å². The lowest BCUT2D eigenvalue weighted by atomic mass is 9.85. The van der Waals surface area contributed by atoms with Crippen molar-refractivity contribution < 1.29 is 9.90 Å². The highest BCUT2D eigenvalue weighted by molar-refractivity contribution is 6.10. The number of carbonyl (C=O) groups excluding carboxylic acids is 1. The van der Waals surface area contributed by atoms with E-state index in [4.69, 9.17) is 0 Å². The van der Waals surface area contributed by atoms with Crippen molar-refractivity contribution in [1.82, 2.24) is 0 Å². The fourth-order valence-electron chi connectivity index (χ4n) is 1.93. The third-order valence-corrected chi connectivity index (χ3v) is 3.14. The molecule has 0 aliphatic carbocycles. The van der Waals surface area contributed by atoms with Crippen LogP contribution in [0.1, 0.15) is 42.3 Å². The molecule has 0 heterocycles. The summed E-state index contributed by atoms with van der Waals surface area (Å²) in [5, 5.41) is 9.91. The second kappa shape index (κ2) is 4.88. The molecule has 0 amide bonds. The minimum absolute atomic E-state index is 0.0295. The van der Waals surface area contributed by atoms with Gasteiger partial charge >= 0.3 is 0 Å². The number of phenolic OH excluding ortho intramolecular Hbond substituents is 1. The normalized spacial score (nSPS) is 11.3. The maximum atomic E-state index is 12.4. The van der Waals surface area contributed by atoms with Crippen LogP contribution < -0.4 is 0 Å². The number of aromatic hydroxyl groups is 1. The smallest absolute Gasteiger partial charge is 0.196 e. The molecule has 19 heavy (non-hydrogen) atoms. The topological polar surface area (TPSA) is 37.3 Å². The minimum Gasteiger partial charge on any atom is -0.507 e. The number of hydrogen-bond acceptors (Lipinski definition) is 2. The third-order valence-electron chi connectivity index (χ3n) is 3.14. The Bertz CT molecular complexity index is 592. The Morgan fingerprint density at radius 1 is 1.00 bits per heavy atom. The van der Waals surface area contributed by atoms with E-state index < -0.39 is 0 Å². The molecule has 0 spiro atoms. The summed E-state index contributed by atoms with van der Waals surface area (Å²) in [5.41, 5.74) is 1.92. The van der Waals surface area contributed by atoms with Crippen LogP contribution in [0.2, 0.25) is 0 Å². The van der Waals surface area contributed by atoms with Crippen molar-refractivity contribution in [3.05, 3.63) is 65.2 Å². The van der Waals surface area contributed by atoms with Gasteiger partial charge in [0, 0.05) is 5.56 Å². The van der Waals surface area contributed by atoms with Gasteiger partial charge in [0.25, 0.3) is 0 Å². The molecule has 0 aromatic heterocycles. The fraction of sp³-hybridized carbons (Fsp3) is 0.235. The highest BCUT2D eigenvalue weighted by atomic mass is 16.3. The van der Waals surface area contributed by atoms with Gasteiger partial charge in [0.2, 0.25) is 0 Å². The van der Waals surface area contributed by atoms with Gasteiger partial charge < -0.3 is 5.11 Å². The Hall–Kier alpha value is -2.09. The van der Waals surface area contributed by atoms with Crippen LogP contribution in [0.3, 0.4) is 0 Å². The maximum Gasteiger partial charge on any atom is 0.196 e. The van der Waals surface area contributed by atoms with Crippen LogP contribution in [-0.4, -0.2) is 10.9 Å². The van der Waals surface area contributed by atoms with E-state index in [1.54, 1.807) is 24.3 Å². The lowest BCUT2D eigenvalue weighted by Crippen LogP contribution is -2.12. The molecule has 2 aromatic rings. The average Bonchev–Trinajstić information content (AvgIpc) is 2.38. The summed E-state index contributed by atoms with van der Waals surface area (Å²) in [6.07, 6.45) is 0. The number of hydrogen-bond donors (Lipinski definition) is 1. The summed E-state index contributed by atoms with van der Waals surface area (Å²) < 4.78 is 0. The van der Waals surface area contributed by atoms with Crippen LogP contribution in [0.25, 0.3) is 0 Å². The van der Waals surface area contributed by atoms with Gasteiger partial charge in [0.15, 0.2) is 5.78 Å². The molecule has 0 aliphatic heterocycles. The zero-order valence-corrected chi connectivity index (χ0v) is 11.5. The van der Waals surface area contributed by atoms with Gasteiger partial charge in [-0.05, 0) is 23.1 Å². The summed E-state index contributed by atoms with van der Waals surface area (Å²) in [6, 6.07) is 14.2. The van der Waals surface area contributed by atoms with Gasteiger partial charge in [-0.1, -0.05) is 57.2 Å². The first-order valence-electron chi connectivity index (χ1n) is 6.33. The van der Waals surface area contributed by atoms with E-state index in [0.717, 1.165) is 5.56 Å². The third kappa shape index (κ3) is 2.84. The molecule has 0 saturated heterocycles.